The van der Waals surface area contributed by atoms with Crippen LogP contribution in [0.4, 0.5) is 5.69 Å². The quantitative estimate of drug-likeness (QED) is 0.892. The Morgan fingerprint density at radius 1 is 1.19 bits per heavy atom. The lowest BCUT2D eigenvalue weighted by atomic mass is 10.1. The zero-order chi connectivity index (χ0) is 18.9. The molecule has 1 N–H and O–H groups in total. The van der Waals surface area contributed by atoms with E-state index in [4.69, 9.17) is 0 Å². The number of benzene rings is 2. The summed E-state index contributed by atoms with van der Waals surface area (Å²) in [6, 6.07) is 13.9. The van der Waals surface area contributed by atoms with Crippen LogP contribution in [0.1, 0.15) is 28.4 Å². The summed E-state index contributed by atoms with van der Waals surface area (Å²) < 4.78 is 25.2. The van der Waals surface area contributed by atoms with Crippen LogP contribution < -0.4 is 9.62 Å². The van der Waals surface area contributed by atoms with Crippen molar-refractivity contribution in [3.05, 3.63) is 65.2 Å². The van der Waals surface area contributed by atoms with E-state index in [0.717, 1.165) is 15.4 Å². The third-order valence-corrected chi connectivity index (χ3v) is 6.11. The van der Waals surface area contributed by atoms with Crippen molar-refractivity contribution in [2.75, 3.05) is 10.1 Å². The highest BCUT2D eigenvalue weighted by atomic mass is 32.2. The van der Waals surface area contributed by atoms with Crippen LogP contribution in [0.15, 0.2) is 48.5 Å². The molecule has 3 rings (SSSR count). The van der Waals surface area contributed by atoms with Gasteiger partial charge in [-0.3, -0.25) is 9.59 Å². The zero-order valence-corrected chi connectivity index (χ0v) is 15.4. The lowest BCUT2D eigenvalue weighted by Gasteiger charge is -2.16. The van der Waals surface area contributed by atoms with E-state index in [-0.39, 0.29) is 17.3 Å². The molecule has 0 aliphatic carbocycles. The van der Waals surface area contributed by atoms with Crippen molar-refractivity contribution >= 4 is 27.5 Å². The maximum absolute atomic E-state index is 12.4. The second-order valence-corrected chi connectivity index (χ2v) is 8.37. The van der Waals surface area contributed by atoms with E-state index < -0.39 is 21.8 Å². The summed E-state index contributed by atoms with van der Waals surface area (Å²) in [7, 11) is -3.69. The number of nitrogens with zero attached hydrogens (tertiary/aromatic N) is 1. The van der Waals surface area contributed by atoms with Crippen LogP contribution >= 0.6 is 0 Å². The zero-order valence-electron chi connectivity index (χ0n) is 14.6. The highest BCUT2D eigenvalue weighted by molar-refractivity contribution is 7.94. The smallest absolute Gasteiger partial charge is 0.251 e. The first kappa shape index (κ1) is 18.1. The van der Waals surface area contributed by atoms with Crippen molar-refractivity contribution in [1.82, 2.24) is 5.32 Å². The van der Waals surface area contributed by atoms with Crippen LogP contribution in [-0.4, -0.2) is 26.0 Å². The van der Waals surface area contributed by atoms with E-state index in [1.54, 1.807) is 19.1 Å². The maximum Gasteiger partial charge on any atom is 0.251 e. The fourth-order valence-electron chi connectivity index (χ4n) is 2.97. The summed E-state index contributed by atoms with van der Waals surface area (Å²) in [6.45, 7) is 3.92. The molecule has 0 aromatic heterocycles. The highest BCUT2D eigenvalue weighted by Gasteiger charge is 2.42. The Bertz CT molecular complexity index is 969. The van der Waals surface area contributed by atoms with Crippen molar-refractivity contribution in [2.24, 2.45) is 5.92 Å². The Kier molecular flexibility index (Phi) is 4.82. The first-order valence-electron chi connectivity index (χ1n) is 8.28. The van der Waals surface area contributed by atoms with Crippen molar-refractivity contribution in [3.8, 4) is 0 Å². The van der Waals surface area contributed by atoms with Crippen molar-refractivity contribution < 1.29 is 18.0 Å². The summed E-state index contributed by atoms with van der Waals surface area (Å²) >= 11 is 0. The summed E-state index contributed by atoms with van der Waals surface area (Å²) in [5, 5.41) is 2.81. The van der Waals surface area contributed by atoms with Gasteiger partial charge in [0, 0.05) is 12.1 Å². The lowest BCUT2D eigenvalue weighted by molar-refractivity contribution is -0.119. The van der Waals surface area contributed by atoms with Gasteiger partial charge in [0.05, 0.1) is 17.4 Å². The SMILES string of the molecule is Cc1cccc(CNC(=O)c2cccc(N3C(=O)[C@@H](C)CS3(=O)=O)c2)c1. The van der Waals surface area contributed by atoms with Gasteiger partial charge in [0.2, 0.25) is 15.9 Å². The number of hydrogen-bond acceptors (Lipinski definition) is 4. The van der Waals surface area contributed by atoms with E-state index in [1.807, 2.05) is 31.2 Å². The van der Waals surface area contributed by atoms with Gasteiger partial charge in [-0.05, 0) is 30.7 Å². The predicted molar refractivity (Wildman–Crippen MR) is 99.2 cm³/mol. The molecular weight excluding hydrogens is 352 g/mol. The Morgan fingerprint density at radius 3 is 2.58 bits per heavy atom. The monoisotopic (exact) mass is 372 g/mol. The van der Waals surface area contributed by atoms with E-state index in [0.29, 0.717) is 12.1 Å². The van der Waals surface area contributed by atoms with E-state index in [1.165, 1.54) is 12.1 Å². The summed E-state index contributed by atoms with van der Waals surface area (Å²) in [5.74, 6) is -1.60. The van der Waals surface area contributed by atoms with Gasteiger partial charge in [-0.25, -0.2) is 12.7 Å². The molecule has 136 valence electrons. The fraction of sp³-hybridized carbons (Fsp3) is 0.263. The number of sulfonamides is 1. The minimum atomic E-state index is -3.69. The van der Waals surface area contributed by atoms with Crippen LogP contribution in [0.3, 0.4) is 0 Å². The number of rotatable bonds is 4. The Hall–Kier alpha value is -2.67. The normalized spacial score (nSPS) is 18.8. The molecule has 2 aromatic carbocycles. The first-order chi connectivity index (χ1) is 12.3. The molecule has 26 heavy (non-hydrogen) atoms. The van der Waals surface area contributed by atoms with Gasteiger partial charge in [0.15, 0.2) is 0 Å². The van der Waals surface area contributed by atoms with Gasteiger partial charge in [-0.2, -0.15) is 0 Å². The molecule has 6 nitrogen and oxygen atoms in total. The van der Waals surface area contributed by atoms with Crippen molar-refractivity contribution in [2.45, 2.75) is 20.4 Å². The minimum Gasteiger partial charge on any atom is -0.348 e. The molecule has 0 saturated carbocycles. The standard InChI is InChI=1S/C19H20N2O4S/c1-13-5-3-6-15(9-13)11-20-18(22)16-7-4-8-17(10-16)21-19(23)14(2)12-26(21,24)25/h3-10,14H,11-12H2,1-2H3,(H,20,22)/t14-/m0/s1. The molecule has 0 radical (unpaired) electrons. The minimum absolute atomic E-state index is 0.197. The van der Waals surface area contributed by atoms with Crippen LogP contribution in [0.25, 0.3) is 0 Å². The molecule has 0 bridgehead atoms. The van der Waals surface area contributed by atoms with Crippen LogP contribution in [0.2, 0.25) is 0 Å². The molecule has 2 aromatic rings. The fourth-order valence-corrected chi connectivity index (χ4v) is 4.78. The molecule has 0 spiro atoms. The molecule has 1 atom stereocenters. The lowest BCUT2D eigenvalue weighted by Crippen LogP contribution is -2.30. The number of hydrogen-bond donors (Lipinski definition) is 1. The Balaban J connectivity index is 1.79. The number of carbonyl (C=O) groups is 2. The molecule has 1 aliphatic rings. The van der Waals surface area contributed by atoms with Crippen LogP contribution in [-0.2, 0) is 21.4 Å². The van der Waals surface area contributed by atoms with Gasteiger partial charge in [0.25, 0.3) is 5.91 Å². The molecule has 1 heterocycles. The molecule has 2 amide bonds. The van der Waals surface area contributed by atoms with E-state index in [9.17, 15) is 18.0 Å². The van der Waals surface area contributed by atoms with Gasteiger partial charge in [-0.1, -0.05) is 42.8 Å². The average Bonchev–Trinajstić information content (AvgIpc) is 2.80. The van der Waals surface area contributed by atoms with Crippen LogP contribution in [0, 0.1) is 12.8 Å². The van der Waals surface area contributed by atoms with E-state index >= 15 is 0 Å². The third-order valence-electron chi connectivity index (χ3n) is 4.24. The summed E-state index contributed by atoms with van der Waals surface area (Å²) in [6.07, 6.45) is 0. The van der Waals surface area contributed by atoms with E-state index in [2.05, 4.69) is 5.32 Å². The molecule has 1 fully saturated rings. The van der Waals surface area contributed by atoms with Crippen molar-refractivity contribution in [1.29, 1.82) is 0 Å². The van der Waals surface area contributed by atoms with Gasteiger partial charge in [0.1, 0.15) is 0 Å². The summed E-state index contributed by atoms with van der Waals surface area (Å²) in [5.41, 5.74) is 2.58. The number of nitrogens with one attached hydrogen (secondary N) is 1. The number of aryl methyl sites for hydroxylation is 1. The number of carbonyl (C=O) groups excluding carboxylic acids is 2. The van der Waals surface area contributed by atoms with Crippen LogP contribution in [0.5, 0.6) is 0 Å². The van der Waals surface area contributed by atoms with Gasteiger partial charge >= 0.3 is 0 Å². The second-order valence-electron chi connectivity index (χ2n) is 6.50. The number of amides is 2. The van der Waals surface area contributed by atoms with Crippen molar-refractivity contribution in [3.63, 3.8) is 0 Å². The maximum atomic E-state index is 12.4. The third kappa shape index (κ3) is 3.62. The summed E-state index contributed by atoms with van der Waals surface area (Å²) in [4.78, 5) is 24.6. The highest BCUT2D eigenvalue weighted by Crippen LogP contribution is 2.28. The Labute approximate surface area is 152 Å². The molecule has 1 saturated heterocycles. The second kappa shape index (κ2) is 6.92. The molecular formula is C19H20N2O4S. The Morgan fingerprint density at radius 2 is 1.92 bits per heavy atom. The first-order valence-corrected chi connectivity index (χ1v) is 9.89. The predicted octanol–water partition coefficient (Wildman–Crippen LogP) is 2.24. The average molecular weight is 372 g/mol. The topological polar surface area (TPSA) is 83.6 Å². The van der Waals surface area contributed by atoms with Gasteiger partial charge in [-0.15, -0.1) is 0 Å². The number of anilines is 1. The molecule has 1 aliphatic heterocycles. The van der Waals surface area contributed by atoms with Gasteiger partial charge < -0.3 is 5.32 Å². The molecule has 0 unspecified atom stereocenters. The largest absolute Gasteiger partial charge is 0.348 e. The molecule has 7 heteroatoms.